The van der Waals surface area contributed by atoms with E-state index in [1.807, 2.05) is 0 Å². The predicted octanol–water partition coefficient (Wildman–Crippen LogP) is 1.75. The largest absolute Gasteiger partial charge is 0.379 e. The van der Waals surface area contributed by atoms with Crippen molar-refractivity contribution in [3.05, 3.63) is 0 Å². The number of methoxy groups -OCH3 is 1. The lowest BCUT2D eigenvalue weighted by Crippen LogP contribution is -2.47. The van der Waals surface area contributed by atoms with Gasteiger partial charge < -0.3 is 10.1 Å². The van der Waals surface area contributed by atoms with Gasteiger partial charge in [-0.15, -0.1) is 0 Å². The summed E-state index contributed by atoms with van der Waals surface area (Å²) < 4.78 is 5.36. The van der Waals surface area contributed by atoms with Gasteiger partial charge in [0.25, 0.3) is 0 Å². The highest BCUT2D eigenvalue weighted by molar-refractivity contribution is 5.86. The van der Waals surface area contributed by atoms with Gasteiger partial charge in [0.05, 0.1) is 18.2 Å². The van der Waals surface area contributed by atoms with Gasteiger partial charge in [-0.3, -0.25) is 4.79 Å². The molecule has 4 heteroatoms. The molecule has 2 aliphatic carbocycles. The van der Waals surface area contributed by atoms with Gasteiger partial charge in [0.15, 0.2) is 0 Å². The highest BCUT2D eigenvalue weighted by Gasteiger charge is 2.43. The molecule has 0 aromatic carbocycles. The maximum Gasteiger partial charge on any atom is 0.240 e. The number of hydrogen-bond acceptors (Lipinski definition) is 3. The van der Waals surface area contributed by atoms with Gasteiger partial charge in [0.1, 0.15) is 5.41 Å². The average molecular weight is 236 g/mol. The normalized spacial score (nSPS) is 31.1. The summed E-state index contributed by atoms with van der Waals surface area (Å²) in [7, 11) is 1.69. The van der Waals surface area contributed by atoms with Gasteiger partial charge in [-0.05, 0) is 32.1 Å². The number of nitrogens with one attached hydrogen (secondary N) is 1. The van der Waals surface area contributed by atoms with E-state index in [4.69, 9.17) is 4.74 Å². The molecule has 2 rings (SSSR count). The quantitative estimate of drug-likeness (QED) is 0.812. The van der Waals surface area contributed by atoms with Crippen molar-refractivity contribution in [3.63, 3.8) is 0 Å². The van der Waals surface area contributed by atoms with E-state index in [-0.39, 0.29) is 18.1 Å². The SMILES string of the molecule is COC1CCCC1NC(=O)C1(C#N)CCCC1. The highest BCUT2D eigenvalue weighted by Crippen LogP contribution is 2.38. The monoisotopic (exact) mass is 236 g/mol. The summed E-state index contributed by atoms with van der Waals surface area (Å²) in [5, 5.41) is 12.3. The fourth-order valence-electron chi connectivity index (χ4n) is 3.05. The Kier molecular flexibility index (Phi) is 3.68. The predicted molar refractivity (Wildman–Crippen MR) is 63.1 cm³/mol. The molecule has 0 saturated heterocycles. The molecule has 2 atom stereocenters. The Hall–Kier alpha value is -1.08. The summed E-state index contributed by atoms with van der Waals surface area (Å²) in [5.41, 5.74) is -0.763. The van der Waals surface area contributed by atoms with Crippen molar-refractivity contribution < 1.29 is 9.53 Å². The molecule has 0 bridgehead atoms. The number of hydrogen-bond donors (Lipinski definition) is 1. The van der Waals surface area contributed by atoms with Gasteiger partial charge in [-0.2, -0.15) is 5.26 Å². The van der Waals surface area contributed by atoms with Crippen LogP contribution in [0.1, 0.15) is 44.9 Å². The number of nitrogens with zero attached hydrogens (tertiary/aromatic N) is 1. The molecule has 2 saturated carbocycles. The molecular formula is C13H20N2O2. The minimum absolute atomic E-state index is 0.0774. The second-order valence-corrected chi connectivity index (χ2v) is 5.19. The second-order valence-electron chi connectivity index (χ2n) is 5.19. The Labute approximate surface area is 102 Å². The molecule has 2 unspecified atom stereocenters. The smallest absolute Gasteiger partial charge is 0.240 e. The van der Waals surface area contributed by atoms with Gasteiger partial charge in [0, 0.05) is 7.11 Å². The fourth-order valence-corrected chi connectivity index (χ4v) is 3.05. The molecule has 2 aliphatic rings. The number of carbonyl (C=O) groups is 1. The molecule has 2 fully saturated rings. The van der Waals surface area contributed by atoms with E-state index in [1.54, 1.807) is 7.11 Å². The standard InChI is InChI=1S/C13H20N2O2/c1-17-11-6-4-5-10(11)15-12(16)13(9-14)7-2-3-8-13/h10-11H,2-8H2,1H3,(H,15,16). The van der Waals surface area contributed by atoms with E-state index >= 15 is 0 Å². The molecule has 0 spiro atoms. The van der Waals surface area contributed by atoms with Crippen molar-refractivity contribution in [2.75, 3.05) is 7.11 Å². The first kappa shape index (κ1) is 12.4. The average Bonchev–Trinajstić information content (AvgIpc) is 2.97. The van der Waals surface area contributed by atoms with Crippen LogP contribution in [0, 0.1) is 16.7 Å². The Morgan fingerprint density at radius 1 is 1.35 bits per heavy atom. The molecule has 17 heavy (non-hydrogen) atoms. The molecule has 4 nitrogen and oxygen atoms in total. The second kappa shape index (κ2) is 5.05. The minimum atomic E-state index is -0.763. The van der Waals surface area contributed by atoms with Crippen molar-refractivity contribution in [2.24, 2.45) is 5.41 Å². The number of rotatable bonds is 3. The fraction of sp³-hybridized carbons (Fsp3) is 0.846. The van der Waals surface area contributed by atoms with Crippen LogP contribution in [0.5, 0.6) is 0 Å². The first-order valence-electron chi connectivity index (χ1n) is 6.47. The number of nitriles is 1. The zero-order valence-electron chi connectivity index (χ0n) is 10.4. The Balaban J connectivity index is 1.99. The molecule has 0 radical (unpaired) electrons. The summed E-state index contributed by atoms with van der Waals surface area (Å²) in [6.07, 6.45) is 6.56. The van der Waals surface area contributed by atoms with Crippen LogP contribution in [0.2, 0.25) is 0 Å². The van der Waals surface area contributed by atoms with Crippen LogP contribution in [-0.4, -0.2) is 25.2 Å². The maximum absolute atomic E-state index is 12.2. The third kappa shape index (κ3) is 2.30. The van der Waals surface area contributed by atoms with Crippen LogP contribution in [-0.2, 0) is 9.53 Å². The third-order valence-electron chi connectivity index (χ3n) is 4.18. The summed E-state index contributed by atoms with van der Waals surface area (Å²) in [5.74, 6) is -0.0774. The van der Waals surface area contributed by atoms with Crippen molar-refractivity contribution in [2.45, 2.75) is 57.1 Å². The lowest BCUT2D eigenvalue weighted by molar-refractivity contribution is -0.129. The van der Waals surface area contributed by atoms with E-state index in [1.165, 1.54) is 0 Å². The topological polar surface area (TPSA) is 62.1 Å². The van der Waals surface area contributed by atoms with Gasteiger partial charge >= 0.3 is 0 Å². The van der Waals surface area contributed by atoms with E-state index in [9.17, 15) is 10.1 Å². The van der Waals surface area contributed by atoms with Gasteiger partial charge in [-0.25, -0.2) is 0 Å². The van der Waals surface area contributed by atoms with Crippen molar-refractivity contribution >= 4 is 5.91 Å². The number of carbonyl (C=O) groups excluding carboxylic acids is 1. The molecule has 0 aromatic heterocycles. The van der Waals surface area contributed by atoms with Crippen LogP contribution in [0.15, 0.2) is 0 Å². The minimum Gasteiger partial charge on any atom is -0.379 e. The van der Waals surface area contributed by atoms with Gasteiger partial charge in [-0.1, -0.05) is 12.8 Å². The first-order valence-corrected chi connectivity index (χ1v) is 6.47. The van der Waals surface area contributed by atoms with Crippen LogP contribution in [0.3, 0.4) is 0 Å². The number of ether oxygens (including phenoxy) is 1. The Morgan fingerprint density at radius 3 is 2.65 bits per heavy atom. The van der Waals surface area contributed by atoms with E-state index in [0.717, 1.165) is 32.1 Å². The summed E-state index contributed by atoms with van der Waals surface area (Å²) in [6.45, 7) is 0. The van der Waals surface area contributed by atoms with Crippen molar-refractivity contribution in [1.82, 2.24) is 5.32 Å². The molecule has 0 heterocycles. The van der Waals surface area contributed by atoms with Crippen LogP contribution < -0.4 is 5.32 Å². The Morgan fingerprint density at radius 2 is 2.06 bits per heavy atom. The van der Waals surface area contributed by atoms with Gasteiger partial charge in [0.2, 0.25) is 5.91 Å². The van der Waals surface area contributed by atoms with E-state index < -0.39 is 5.41 Å². The van der Waals surface area contributed by atoms with Crippen LogP contribution in [0.25, 0.3) is 0 Å². The molecule has 0 aromatic rings. The third-order valence-corrected chi connectivity index (χ3v) is 4.18. The van der Waals surface area contributed by atoms with E-state index in [0.29, 0.717) is 12.8 Å². The van der Waals surface area contributed by atoms with Crippen molar-refractivity contribution in [3.8, 4) is 6.07 Å². The van der Waals surface area contributed by atoms with E-state index in [2.05, 4.69) is 11.4 Å². The molecule has 1 N–H and O–H groups in total. The summed E-state index contributed by atoms with van der Waals surface area (Å²) in [4.78, 5) is 12.2. The van der Waals surface area contributed by atoms with Crippen LogP contribution in [0.4, 0.5) is 0 Å². The van der Waals surface area contributed by atoms with Crippen molar-refractivity contribution in [1.29, 1.82) is 5.26 Å². The molecule has 94 valence electrons. The zero-order valence-corrected chi connectivity index (χ0v) is 10.4. The highest BCUT2D eigenvalue weighted by atomic mass is 16.5. The molecule has 0 aliphatic heterocycles. The number of amides is 1. The molecular weight excluding hydrogens is 216 g/mol. The lowest BCUT2D eigenvalue weighted by Gasteiger charge is -2.25. The van der Waals surface area contributed by atoms with Crippen LogP contribution >= 0.6 is 0 Å². The lowest BCUT2D eigenvalue weighted by atomic mass is 9.86. The summed E-state index contributed by atoms with van der Waals surface area (Å²) >= 11 is 0. The zero-order chi connectivity index (χ0) is 12.3. The molecule has 1 amide bonds. The summed E-state index contributed by atoms with van der Waals surface area (Å²) in [6, 6.07) is 2.33. The maximum atomic E-state index is 12.2. The Bertz CT molecular complexity index is 329. The first-order chi connectivity index (χ1) is 8.22.